The average Bonchev–Trinajstić information content (AvgIpc) is 2.90. The molecular formula is C29H32N2O4. The minimum Gasteiger partial charge on any atom is -0.490 e. The first-order valence-corrected chi connectivity index (χ1v) is 12.0. The lowest BCUT2D eigenvalue weighted by Crippen LogP contribution is -2.34. The Hall–Kier alpha value is -3.61. The van der Waals surface area contributed by atoms with Gasteiger partial charge in [0.1, 0.15) is 30.8 Å². The molecule has 0 aliphatic carbocycles. The first kappa shape index (κ1) is 24.5. The van der Waals surface area contributed by atoms with E-state index in [9.17, 15) is 9.90 Å². The Kier molecular flexibility index (Phi) is 8.54. The Morgan fingerprint density at radius 3 is 2.23 bits per heavy atom. The van der Waals surface area contributed by atoms with Crippen LogP contribution in [0.3, 0.4) is 0 Å². The summed E-state index contributed by atoms with van der Waals surface area (Å²) in [6.45, 7) is 5.25. The van der Waals surface area contributed by atoms with E-state index in [1.54, 1.807) is 12.1 Å². The lowest BCUT2D eigenvalue weighted by Gasteiger charge is -2.24. The number of ether oxygens (including phenoxy) is 2. The van der Waals surface area contributed by atoms with Crippen LogP contribution in [-0.2, 0) is 11.2 Å². The molecule has 1 atom stereocenters. The minimum absolute atomic E-state index is 0.0475. The van der Waals surface area contributed by atoms with Crippen molar-refractivity contribution in [1.82, 2.24) is 5.32 Å². The van der Waals surface area contributed by atoms with E-state index in [0.29, 0.717) is 49.7 Å². The van der Waals surface area contributed by atoms with Gasteiger partial charge in [-0.05, 0) is 29.7 Å². The molecule has 6 heteroatoms. The van der Waals surface area contributed by atoms with Crippen LogP contribution in [0, 0.1) is 0 Å². The summed E-state index contributed by atoms with van der Waals surface area (Å²) in [5, 5.41) is 16.9. The molecule has 0 saturated carbocycles. The van der Waals surface area contributed by atoms with E-state index in [-0.39, 0.29) is 18.4 Å². The van der Waals surface area contributed by atoms with E-state index in [0.717, 1.165) is 5.56 Å². The SMILES string of the molecule is C=CCOc1ccc(OCC(O)CNCC(c2ccccc2)c2ccccc2)c2c1NC(=O)CC2. The lowest BCUT2D eigenvalue weighted by molar-refractivity contribution is -0.116. The van der Waals surface area contributed by atoms with Crippen LogP contribution in [0.15, 0.2) is 85.5 Å². The van der Waals surface area contributed by atoms with Crippen LogP contribution in [0.25, 0.3) is 0 Å². The van der Waals surface area contributed by atoms with Crippen LogP contribution < -0.4 is 20.1 Å². The van der Waals surface area contributed by atoms with Crippen LogP contribution in [0.4, 0.5) is 5.69 Å². The number of fused-ring (bicyclic) bond motifs is 1. The second kappa shape index (κ2) is 12.2. The molecule has 1 amide bonds. The highest BCUT2D eigenvalue weighted by atomic mass is 16.5. The number of aliphatic hydroxyl groups excluding tert-OH is 1. The molecule has 35 heavy (non-hydrogen) atoms. The van der Waals surface area contributed by atoms with E-state index in [1.165, 1.54) is 11.1 Å². The number of carbonyl (C=O) groups is 1. The zero-order chi connectivity index (χ0) is 24.5. The van der Waals surface area contributed by atoms with Gasteiger partial charge in [-0.15, -0.1) is 0 Å². The van der Waals surface area contributed by atoms with Crippen LogP contribution >= 0.6 is 0 Å². The second-order valence-electron chi connectivity index (χ2n) is 8.56. The smallest absolute Gasteiger partial charge is 0.224 e. The third-order valence-corrected chi connectivity index (χ3v) is 6.02. The van der Waals surface area contributed by atoms with Gasteiger partial charge in [0.15, 0.2) is 0 Å². The summed E-state index contributed by atoms with van der Waals surface area (Å²) in [6.07, 6.45) is 1.92. The van der Waals surface area contributed by atoms with Crippen LogP contribution in [0.1, 0.15) is 29.0 Å². The Morgan fingerprint density at radius 2 is 1.57 bits per heavy atom. The third kappa shape index (κ3) is 6.50. The van der Waals surface area contributed by atoms with Crippen molar-refractivity contribution < 1.29 is 19.4 Å². The van der Waals surface area contributed by atoms with E-state index < -0.39 is 6.10 Å². The Balaban J connectivity index is 1.35. The number of amides is 1. The van der Waals surface area contributed by atoms with Crippen molar-refractivity contribution in [3.8, 4) is 11.5 Å². The van der Waals surface area contributed by atoms with Crippen LogP contribution in [0.5, 0.6) is 11.5 Å². The van der Waals surface area contributed by atoms with Gasteiger partial charge in [0, 0.05) is 31.0 Å². The summed E-state index contributed by atoms with van der Waals surface area (Å²) in [7, 11) is 0. The van der Waals surface area contributed by atoms with E-state index in [1.807, 2.05) is 42.5 Å². The molecule has 6 nitrogen and oxygen atoms in total. The van der Waals surface area contributed by atoms with Gasteiger partial charge in [0.2, 0.25) is 5.91 Å². The summed E-state index contributed by atoms with van der Waals surface area (Å²) in [6, 6.07) is 24.3. The minimum atomic E-state index is -0.687. The molecule has 0 aromatic heterocycles. The van der Waals surface area contributed by atoms with Gasteiger partial charge in [-0.25, -0.2) is 0 Å². The number of aliphatic hydroxyl groups is 1. The number of rotatable bonds is 12. The van der Waals surface area contributed by atoms with Gasteiger partial charge in [0.25, 0.3) is 0 Å². The molecule has 0 radical (unpaired) electrons. The van der Waals surface area contributed by atoms with E-state index in [4.69, 9.17) is 9.47 Å². The molecule has 1 aliphatic rings. The topological polar surface area (TPSA) is 79.8 Å². The number of anilines is 1. The highest BCUT2D eigenvalue weighted by Gasteiger charge is 2.23. The van der Waals surface area contributed by atoms with E-state index in [2.05, 4.69) is 41.5 Å². The quantitative estimate of drug-likeness (QED) is 0.343. The third-order valence-electron chi connectivity index (χ3n) is 6.02. The number of carbonyl (C=O) groups excluding carboxylic acids is 1. The summed E-state index contributed by atoms with van der Waals surface area (Å²) >= 11 is 0. The van der Waals surface area contributed by atoms with Gasteiger partial charge < -0.3 is 25.2 Å². The predicted molar refractivity (Wildman–Crippen MR) is 138 cm³/mol. The fourth-order valence-corrected chi connectivity index (χ4v) is 4.28. The molecule has 3 aromatic rings. The first-order chi connectivity index (χ1) is 17.2. The van der Waals surface area contributed by atoms with Crippen molar-refractivity contribution in [1.29, 1.82) is 0 Å². The molecule has 0 spiro atoms. The van der Waals surface area contributed by atoms with Gasteiger partial charge >= 0.3 is 0 Å². The zero-order valence-corrected chi connectivity index (χ0v) is 19.8. The predicted octanol–water partition coefficient (Wildman–Crippen LogP) is 4.30. The molecule has 182 valence electrons. The zero-order valence-electron chi connectivity index (χ0n) is 19.8. The molecule has 3 N–H and O–H groups in total. The number of nitrogens with one attached hydrogen (secondary N) is 2. The van der Waals surface area contributed by atoms with Crippen molar-refractivity contribution in [2.24, 2.45) is 0 Å². The van der Waals surface area contributed by atoms with Gasteiger partial charge in [-0.3, -0.25) is 4.79 Å². The standard InChI is InChI=1S/C29H32N2O4/c1-2-17-34-27-15-14-26(24-13-16-28(33)31-29(24)27)35-20-23(32)18-30-19-25(21-9-5-3-6-10-21)22-11-7-4-8-12-22/h2-12,14-15,23,25,30,32H,1,13,16-20H2,(H,31,33). The molecule has 1 heterocycles. The average molecular weight is 473 g/mol. The normalized spacial score (nSPS) is 13.6. The summed E-state index contributed by atoms with van der Waals surface area (Å²) in [5.74, 6) is 1.38. The van der Waals surface area contributed by atoms with Crippen LogP contribution in [-0.4, -0.2) is 43.4 Å². The first-order valence-electron chi connectivity index (χ1n) is 12.0. The molecule has 3 aromatic carbocycles. The summed E-state index contributed by atoms with van der Waals surface area (Å²) in [5.41, 5.74) is 3.98. The van der Waals surface area contributed by atoms with Crippen molar-refractivity contribution in [2.75, 3.05) is 31.6 Å². The Labute approximate surface area is 206 Å². The molecular weight excluding hydrogens is 440 g/mol. The lowest BCUT2D eigenvalue weighted by atomic mass is 9.91. The Bertz CT molecular complexity index is 1080. The van der Waals surface area contributed by atoms with Crippen molar-refractivity contribution in [2.45, 2.75) is 24.9 Å². The second-order valence-corrected chi connectivity index (χ2v) is 8.56. The van der Waals surface area contributed by atoms with E-state index >= 15 is 0 Å². The monoisotopic (exact) mass is 472 g/mol. The fraction of sp³-hybridized carbons (Fsp3) is 0.276. The largest absolute Gasteiger partial charge is 0.490 e. The summed E-state index contributed by atoms with van der Waals surface area (Å²) in [4.78, 5) is 11.9. The molecule has 0 saturated heterocycles. The Morgan fingerprint density at radius 1 is 0.914 bits per heavy atom. The highest BCUT2D eigenvalue weighted by molar-refractivity contribution is 5.96. The highest BCUT2D eigenvalue weighted by Crippen LogP contribution is 2.39. The van der Waals surface area contributed by atoms with Crippen molar-refractivity contribution in [3.05, 3.63) is 102 Å². The molecule has 0 fully saturated rings. The molecule has 1 aliphatic heterocycles. The fourth-order valence-electron chi connectivity index (χ4n) is 4.28. The van der Waals surface area contributed by atoms with Gasteiger partial charge in [-0.1, -0.05) is 73.3 Å². The summed E-state index contributed by atoms with van der Waals surface area (Å²) < 4.78 is 11.7. The van der Waals surface area contributed by atoms with Crippen molar-refractivity contribution >= 4 is 11.6 Å². The number of hydrogen-bond acceptors (Lipinski definition) is 5. The molecule has 1 unspecified atom stereocenters. The maximum absolute atomic E-state index is 11.9. The number of hydrogen-bond donors (Lipinski definition) is 3. The van der Waals surface area contributed by atoms with Gasteiger partial charge in [-0.2, -0.15) is 0 Å². The van der Waals surface area contributed by atoms with Crippen molar-refractivity contribution in [3.63, 3.8) is 0 Å². The number of benzene rings is 3. The van der Waals surface area contributed by atoms with Gasteiger partial charge in [0.05, 0.1) is 5.69 Å². The molecule has 4 rings (SSSR count). The maximum Gasteiger partial charge on any atom is 0.224 e. The van der Waals surface area contributed by atoms with Crippen LogP contribution in [0.2, 0.25) is 0 Å². The maximum atomic E-state index is 11.9. The molecule has 0 bridgehead atoms.